The molecule has 1 unspecified atom stereocenters. The lowest BCUT2D eigenvalue weighted by Gasteiger charge is -2.15. The van der Waals surface area contributed by atoms with E-state index in [-0.39, 0.29) is 6.04 Å². The molecular formula is C15H20N4OS. The van der Waals surface area contributed by atoms with Crippen LogP contribution in [0.15, 0.2) is 36.5 Å². The van der Waals surface area contributed by atoms with Crippen molar-refractivity contribution in [1.29, 1.82) is 0 Å². The highest BCUT2D eigenvalue weighted by atomic mass is 32.1. The molecule has 21 heavy (non-hydrogen) atoms. The first-order valence-corrected chi connectivity index (χ1v) is 7.28. The Balaban J connectivity index is 1.94. The molecular weight excluding hydrogens is 284 g/mol. The molecule has 0 aliphatic carbocycles. The lowest BCUT2D eigenvalue weighted by Crippen LogP contribution is -2.31. The van der Waals surface area contributed by atoms with E-state index in [4.69, 9.17) is 17.0 Å². The topological polar surface area (TPSA) is 51.1 Å². The van der Waals surface area contributed by atoms with Crippen molar-refractivity contribution < 1.29 is 4.74 Å². The Morgan fingerprint density at radius 3 is 2.90 bits per heavy atom. The molecule has 0 aliphatic heterocycles. The SMILES string of the molecule is CCn1ccc(C(C)NC(=S)Nc2cccc(OC)c2)n1. The Labute approximate surface area is 130 Å². The molecule has 2 N–H and O–H groups in total. The number of benzene rings is 1. The van der Waals surface area contributed by atoms with Crippen LogP contribution in [0.3, 0.4) is 0 Å². The molecule has 5 nitrogen and oxygen atoms in total. The maximum atomic E-state index is 5.33. The van der Waals surface area contributed by atoms with E-state index in [0.29, 0.717) is 5.11 Å². The first kappa shape index (κ1) is 15.3. The summed E-state index contributed by atoms with van der Waals surface area (Å²) in [5, 5.41) is 11.4. The molecule has 0 saturated carbocycles. The predicted molar refractivity (Wildman–Crippen MR) is 88.7 cm³/mol. The van der Waals surface area contributed by atoms with Gasteiger partial charge < -0.3 is 15.4 Å². The molecule has 1 atom stereocenters. The van der Waals surface area contributed by atoms with Gasteiger partial charge in [-0.3, -0.25) is 4.68 Å². The Morgan fingerprint density at radius 1 is 1.43 bits per heavy atom. The fourth-order valence-electron chi connectivity index (χ4n) is 1.92. The quantitative estimate of drug-likeness (QED) is 0.832. The molecule has 1 heterocycles. The number of thiocarbonyl (C=S) groups is 1. The Hall–Kier alpha value is -2.08. The van der Waals surface area contributed by atoms with E-state index in [1.807, 2.05) is 48.1 Å². The number of nitrogens with one attached hydrogen (secondary N) is 2. The fraction of sp³-hybridized carbons (Fsp3) is 0.333. The summed E-state index contributed by atoms with van der Waals surface area (Å²) in [7, 11) is 1.64. The highest BCUT2D eigenvalue weighted by molar-refractivity contribution is 7.80. The van der Waals surface area contributed by atoms with Gasteiger partial charge in [-0.25, -0.2) is 0 Å². The van der Waals surface area contributed by atoms with Crippen LogP contribution in [0.4, 0.5) is 5.69 Å². The van der Waals surface area contributed by atoms with E-state index in [2.05, 4.69) is 22.7 Å². The molecule has 0 aliphatic rings. The first-order valence-electron chi connectivity index (χ1n) is 6.87. The van der Waals surface area contributed by atoms with Crippen molar-refractivity contribution in [2.45, 2.75) is 26.4 Å². The summed E-state index contributed by atoms with van der Waals surface area (Å²) in [5.41, 5.74) is 1.85. The summed E-state index contributed by atoms with van der Waals surface area (Å²) in [6.45, 7) is 4.95. The summed E-state index contributed by atoms with van der Waals surface area (Å²) in [4.78, 5) is 0. The maximum absolute atomic E-state index is 5.33. The summed E-state index contributed by atoms with van der Waals surface area (Å²) in [6, 6.07) is 9.67. The standard InChI is InChI=1S/C15H20N4OS/c1-4-19-9-8-14(18-19)11(2)16-15(21)17-12-6-5-7-13(10-12)20-3/h5-11H,4H2,1-3H3,(H2,16,17,21). The van der Waals surface area contributed by atoms with Gasteiger partial charge in [-0.05, 0) is 44.3 Å². The van der Waals surface area contributed by atoms with Crippen molar-refractivity contribution in [2.24, 2.45) is 0 Å². The molecule has 0 bridgehead atoms. The molecule has 2 aromatic rings. The molecule has 0 spiro atoms. The third kappa shape index (κ3) is 4.19. The van der Waals surface area contributed by atoms with E-state index in [1.165, 1.54) is 0 Å². The van der Waals surface area contributed by atoms with Crippen LogP contribution in [0, 0.1) is 0 Å². The molecule has 0 saturated heterocycles. The van der Waals surface area contributed by atoms with Gasteiger partial charge in [0.25, 0.3) is 0 Å². The summed E-state index contributed by atoms with van der Waals surface area (Å²) < 4.78 is 7.08. The van der Waals surface area contributed by atoms with Gasteiger partial charge in [0.1, 0.15) is 5.75 Å². The number of methoxy groups -OCH3 is 1. The number of rotatable bonds is 5. The Bertz CT molecular complexity index is 611. The number of hydrogen-bond acceptors (Lipinski definition) is 3. The second-order valence-electron chi connectivity index (χ2n) is 4.65. The van der Waals surface area contributed by atoms with E-state index in [9.17, 15) is 0 Å². The number of hydrogen-bond donors (Lipinski definition) is 2. The van der Waals surface area contributed by atoms with Crippen LogP contribution in [-0.4, -0.2) is 22.0 Å². The lowest BCUT2D eigenvalue weighted by atomic mass is 10.2. The zero-order chi connectivity index (χ0) is 15.2. The second-order valence-corrected chi connectivity index (χ2v) is 5.06. The zero-order valence-electron chi connectivity index (χ0n) is 12.5. The molecule has 0 fully saturated rings. The number of aromatic nitrogens is 2. The van der Waals surface area contributed by atoms with Crippen molar-refractivity contribution in [3.8, 4) is 5.75 Å². The van der Waals surface area contributed by atoms with Crippen molar-refractivity contribution in [3.05, 3.63) is 42.2 Å². The smallest absolute Gasteiger partial charge is 0.171 e. The average Bonchev–Trinajstić information content (AvgIpc) is 2.96. The largest absolute Gasteiger partial charge is 0.497 e. The van der Waals surface area contributed by atoms with E-state index in [1.54, 1.807) is 7.11 Å². The van der Waals surface area contributed by atoms with Gasteiger partial charge >= 0.3 is 0 Å². The van der Waals surface area contributed by atoms with Crippen LogP contribution >= 0.6 is 12.2 Å². The summed E-state index contributed by atoms with van der Waals surface area (Å²) in [5.74, 6) is 0.789. The third-order valence-electron chi connectivity index (χ3n) is 3.10. The molecule has 112 valence electrons. The van der Waals surface area contributed by atoms with Crippen molar-refractivity contribution in [1.82, 2.24) is 15.1 Å². The van der Waals surface area contributed by atoms with E-state index < -0.39 is 0 Å². The Morgan fingerprint density at radius 2 is 2.24 bits per heavy atom. The average molecular weight is 304 g/mol. The molecule has 0 radical (unpaired) electrons. The normalized spacial score (nSPS) is 11.8. The number of aryl methyl sites for hydroxylation is 1. The minimum atomic E-state index is 0.0448. The van der Waals surface area contributed by atoms with Crippen LogP contribution in [0.2, 0.25) is 0 Å². The van der Waals surface area contributed by atoms with Crippen LogP contribution in [-0.2, 0) is 6.54 Å². The minimum Gasteiger partial charge on any atom is -0.497 e. The molecule has 2 rings (SSSR count). The van der Waals surface area contributed by atoms with Crippen molar-refractivity contribution in [2.75, 3.05) is 12.4 Å². The monoisotopic (exact) mass is 304 g/mol. The number of ether oxygens (including phenoxy) is 1. The third-order valence-corrected chi connectivity index (χ3v) is 3.32. The van der Waals surface area contributed by atoms with Crippen LogP contribution in [0.1, 0.15) is 25.6 Å². The highest BCUT2D eigenvalue weighted by Gasteiger charge is 2.10. The summed E-state index contributed by atoms with van der Waals surface area (Å²) >= 11 is 5.33. The van der Waals surface area contributed by atoms with Crippen molar-refractivity contribution in [3.63, 3.8) is 0 Å². The fourth-order valence-corrected chi connectivity index (χ4v) is 2.22. The predicted octanol–water partition coefficient (Wildman–Crippen LogP) is 2.96. The zero-order valence-corrected chi connectivity index (χ0v) is 13.3. The van der Waals surface area contributed by atoms with Crippen LogP contribution < -0.4 is 15.4 Å². The van der Waals surface area contributed by atoms with Gasteiger partial charge in [0.05, 0.1) is 18.8 Å². The van der Waals surface area contributed by atoms with E-state index >= 15 is 0 Å². The Kier molecular flexibility index (Phi) is 5.16. The van der Waals surface area contributed by atoms with Crippen molar-refractivity contribution >= 4 is 23.0 Å². The molecule has 1 aromatic carbocycles. The maximum Gasteiger partial charge on any atom is 0.171 e. The van der Waals surface area contributed by atoms with Gasteiger partial charge in [-0.2, -0.15) is 5.10 Å². The van der Waals surface area contributed by atoms with E-state index in [0.717, 1.165) is 23.7 Å². The van der Waals surface area contributed by atoms with Crippen LogP contribution in [0.25, 0.3) is 0 Å². The molecule has 1 aromatic heterocycles. The second kappa shape index (κ2) is 7.08. The van der Waals surface area contributed by atoms with Gasteiger partial charge in [0.15, 0.2) is 5.11 Å². The lowest BCUT2D eigenvalue weighted by molar-refractivity contribution is 0.415. The van der Waals surface area contributed by atoms with Gasteiger partial charge in [0.2, 0.25) is 0 Å². The van der Waals surface area contributed by atoms with Gasteiger partial charge in [0, 0.05) is 24.5 Å². The number of nitrogens with zero attached hydrogens (tertiary/aromatic N) is 2. The summed E-state index contributed by atoms with van der Waals surface area (Å²) in [6.07, 6.45) is 1.96. The number of anilines is 1. The van der Waals surface area contributed by atoms with Gasteiger partial charge in [-0.15, -0.1) is 0 Å². The highest BCUT2D eigenvalue weighted by Crippen LogP contribution is 2.17. The van der Waals surface area contributed by atoms with Gasteiger partial charge in [-0.1, -0.05) is 6.07 Å². The first-order chi connectivity index (χ1) is 10.1. The molecule has 0 amide bonds. The molecule has 6 heteroatoms. The van der Waals surface area contributed by atoms with Crippen LogP contribution in [0.5, 0.6) is 5.75 Å². The minimum absolute atomic E-state index is 0.0448.